The monoisotopic (exact) mass is 185 g/mol. The van der Waals surface area contributed by atoms with Gasteiger partial charge in [-0.2, -0.15) is 0 Å². The standard InChI is InChI=1S/C8H11NO4/c10-7(8(11)12)2-1-6-5-9-3-4-13-6/h1-2,6,9H,3-5H2,(H,11,12)/b2-1+/t6-/m1/s1. The van der Waals surface area contributed by atoms with Gasteiger partial charge in [-0.1, -0.05) is 6.08 Å². The highest BCUT2D eigenvalue weighted by Crippen LogP contribution is 1.97. The SMILES string of the molecule is O=C(O)C(=O)/C=C/[C@@H]1CNCCO1. The molecule has 13 heavy (non-hydrogen) atoms. The van der Waals surface area contributed by atoms with E-state index in [-0.39, 0.29) is 6.10 Å². The van der Waals surface area contributed by atoms with Crippen LogP contribution in [-0.4, -0.2) is 42.7 Å². The van der Waals surface area contributed by atoms with E-state index in [0.717, 1.165) is 12.6 Å². The van der Waals surface area contributed by atoms with Gasteiger partial charge in [0.1, 0.15) is 0 Å². The maximum Gasteiger partial charge on any atom is 0.376 e. The second-order valence-corrected chi connectivity index (χ2v) is 2.64. The lowest BCUT2D eigenvalue weighted by atomic mass is 10.2. The first-order chi connectivity index (χ1) is 6.20. The summed E-state index contributed by atoms with van der Waals surface area (Å²) in [5, 5.41) is 11.3. The van der Waals surface area contributed by atoms with Gasteiger partial charge in [0.05, 0.1) is 12.7 Å². The molecule has 0 aromatic carbocycles. The summed E-state index contributed by atoms with van der Waals surface area (Å²) in [6, 6.07) is 0. The quantitative estimate of drug-likeness (QED) is 0.444. The van der Waals surface area contributed by atoms with E-state index >= 15 is 0 Å². The molecule has 0 aromatic heterocycles. The minimum Gasteiger partial charge on any atom is -0.475 e. The lowest BCUT2D eigenvalue weighted by molar-refractivity contribution is -0.146. The van der Waals surface area contributed by atoms with E-state index in [1.165, 1.54) is 6.08 Å². The van der Waals surface area contributed by atoms with Gasteiger partial charge >= 0.3 is 5.97 Å². The van der Waals surface area contributed by atoms with Crippen molar-refractivity contribution in [1.82, 2.24) is 5.32 Å². The van der Waals surface area contributed by atoms with Crippen molar-refractivity contribution in [2.24, 2.45) is 0 Å². The van der Waals surface area contributed by atoms with Crippen molar-refractivity contribution in [2.45, 2.75) is 6.10 Å². The fourth-order valence-electron chi connectivity index (χ4n) is 0.975. The number of rotatable bonds is 3. The third-order valence-corrected chi connectivity index (χ3v) is 1.63. The van der Waals surface area contributed by atoms with Gasteiger partial charge in [0.25, 0.3) is 5.78 Å². The number of carboxylic acids is 1. The zero-order valence-corrected chi connectivity index (χ0v) is 7.03. The minimum atomic E-state index is -1.44. The normalized spacial score (nSPS) is 23.2. The number of nitrogens with one attached hydrogen (secondary N) is 1. The van der Waals surface area contributed by atoms with Crippen molar-refractivity contribution in [3.05, 3.63) is 12.2 Å². The summed E-state index contributed by atoms with van der Waals surface area (Å²) in [4.78, 5) is 20.7. The van der Waals surface area contributed by atoms with Gasteiger partial charge < -0.3 is 15.2 Å². The Balaban J connectivity index is 2.37. The molecule has 1 saturated heterocycles. The fourth-order valence-corrected chi connectivity index (χ4v) is 0.975. The molecule has 1 rings (SSSR count). The first-order valence-electron chi connectivity index (χ1n) is 3.98. The first kappa shape index (κ1) is 9.88. The van der Waals surface area contributed by atoms with E-state index < -0.39 is 11.8 Å². The Morgan fingerprint density at radius 2 is 2.31 bits per heavy atom. The average molecular weight is 185 g/mol. The first-order valence-corrected chi connectivity index (χ1v) is 3.98. The van der Waals surface area contributed by atoms with Gasteiger partial charge in [-0.3, -0.25) is 4.79 Å². The van der Waals surface area contributed by atoms with Crippen LogP contribution in [-0.2, 0) is 14.3 Å². The van der Waals surface area contributed by atoms with Crippen LogP contribution < -0.4 is 5.32 Å². The van der Waals surface area contributed by atoms with Crippen molar-refractivity contribution in [3.8, 4) is 0 Å². The van der Waals surface area contributed by atoms with Crippen LogP contribution in [0.4, 0.5) is 0 Å². The summed E-state index contributed by atoms with van der Waals surface area (Å²) in [5.41, 5.74) is 0. The average Bonchev–Trinajstić information content (AvgIpc) is 2.15. The molecule has 1 aliphatic heterocycles. The smallest absolute Gasteiger partial charge is 0.376 e. The Kier molecular flexibility index (Phi) is 3.60. The van der Waals surface area contributed by atoms with Gasteiger partial charge in [-0.15, -0.1) is 0 Å². The highest BCUT2D eigenvalue weighted by molar-refractivity contribution is 6.37. The Labute approximate surface area is 75.4 Å². The number of ether oxygens (including phenoxy) is 1. The number of carbonyl (C=O) groups excluding carboxylic acids is 1. The zero-order chi connectivity index (χ0) is 9.68. The molecule has 1 atom stereocenters. The number of aliphatic carboxylic acids is 1. The molecule has 0 amide bonds. The van der Waals surface area contributed by atoms with Crippen LogP contribution >= 0.6 is 0 Å². The van der Waals surface area contributed by atoms with E-state index in [2.05, 4.69) is 5.32 Å². The molecule has 2 N–H and O–H groups in total. The third kappa shape index (κ3) is 3.35. The number of hydrogen-bond acceptors (Lipinski definition) is 4. The van der Waals surface area contributed by atoms with Crippen molar-refractivity contribution in [3.63, 3.8) is 0 Å². The van der Waals surface area contributed by atoms with Gasteiger partial charge in [-0.25, -0.2) is 4.79 Å². The molecule has 1 fully saturated rings. The molecule has 5 nitrogen and oxygen atoms in total. The van der Waals surface area contributed by atoms with Crippen molar-refractivity contribution in [1.29, 1.82) is 0 Å². The van der Waals surface area contributed by atoms with Crippen LogP contribution in [0.25, 0.3) is 0 Å². The van der Waals surface area contributed by atoms with Gasteiger partial charge in [-0.05, 0) is 6.08 Å². The lowest BCUT2D eigenvalue weighted by Gasteiger charge is -2.20. The van der Waals surface area contributed by atoms with Crippen LogP contribution in [0.1, 0.15) is 0 Å². The van der Waals surface area contributed by atoms with E-state index in [1.54, 1.807) is 0 Å². The van der Waals surface area contributed by atoms with Crippen LogP contribution in [0, 0.1) is 0 Å². The highest BCUT2D eigenvalue weighted by atomic mass is 16.5. The van der Waals surface area contributed by atoms with E-state index in [0.29, 0.717) is 13.2 Å². The number of ketones is 1. The number of morpholine rings is 1. The van der Waals surface area contributed by atoms with Crippen LogP contribution in [0.15, 0.2) is 12.2 Å². The summed E-state index contributed by atoms with van der Waals surface area (Å²) < 4.78 is 5.21. The summed E-state index contributed by atoms with van der Waals surface area (Å²) in [6.45, 7) is 1.98. The number of hydrogen-bond donors (Lipinski definition) is 2. The molecule has 0 aliphatic carbocycles. The van der Waals surface area contributed by atoms with Gasteiger partial charge in [0, 0.05) is 13.1 Å². The summed E-state index contributed by atoms with van der Waals surface area (Å²) in [7, 11) is 0. The Morgan fingerprint density at radius 1 is 1.54 bits per heavy atom. The minimum absolute atomic E-state index is 0.197. The molecule has 0 saturated carbocycles. The second kappa shape index (κ2) is 4.74. The molecule has 0 unspecified atom stereocenters. The summed E-state index contributed by atoms with van der Waals surface area (Å²) in [6.07, 6.45) is 2.29. The summed E-state index contributed by atoms with van der Waals surface area (Å²) >= 11 is 0. The number of carboxylic acid groups (broad SMARTS) is 1. The van der Waals surface area contributed by atoms with Crippen molar-refractivity contribution < 1.29 is 19.4 Å². The molecule has 0 bridgehead atoms. The molecule has 0 aromatic rings. The van der Waals surface area contributed by atoms with Crippen LogP contribution in [0.2, 0.25) is 0 Å². The summed E-state index contributed by atoms with van der Waals surface area (Å²) in [5.74, 6) is -2.37. The predicted octanol–water partition coefficient (Wildman–Crippen LogP) is -0.815. The van der Waals surface area contributed by atoms with Crippen molar-refractivity contribution >= 4 is 11.8 Å². The molecule has 0 spiro atoms. The molecule has 1 heterocycles. The molecular formula is C8H11NO4. The topological polar surface area (TPSA) is 75.6 Å². The van der Waals surface area contributed by atoms with Crippen LogP contribution in [0.5, 0.6) is 0 Å². The molecule has 0 radical (unpaired) electrons. The van der Waals surface area contributed by atoms with E-state index in [4.69, 9.17) is 9.84 Å². The zero-order valence-electron chi connectivity index (χ0n) is 7.03. The Bertz CT molecular complexity index is 230. The molecule has 72 valence electrons. The van der Waals surface area contributed by atoms with Crippen molar-refractivity contribution in [2.75, 3.05) is 19.7 Å². The Hall–Kier alpha value is -1.20. The number of carbonyl (C=O) groups is 2. The predicted molar refractivity (Wildman–Crippen MR) is 44.4 cm³/mol. The Morgan fingerprint density at radius 3 is 2.85 bits per heavy atom. The highest BCUT2D eigenvalue weighted by Gasteiger charge is 2.11. The van der Waals surface area contributed by atoms with Gasteiger partial charge in [0.2, 0.25) is 0 Å². The second-order valence-electron chi connectivity index (χ2n) is 2.64. The third-order valence-electron chi connectivity index (χ3n) is 1.63. The van der Waals surface area contributed by atoms with E-state index in [1.807, 2.05) is 0 Å². The molecule has 5 heteroatoms. The lowest BCUT2D eigenvalue weighted by Crippen LogP contribution is -2.37. The molecular weight excluding hydrogens is 174 g/mol. The largest absolute Gasteiger partial charge is 0.475 e. The van der Waals surface area contributed by atoms with Crippen LogP contribution in [0.3, 0.4) is 0 Å². The van der Waals surface area contributed by atoms with E-state index in [9.17, 15) is 9.59 Å². The van der Waals surface area contributed by atoms with Gasteiger partial charge in [0.15, 0.2) is 0 Å². The maximum absolute atomic E-state index is 10.6. The fraction of sp³-hybridized carbons (Fsp3) is 0.500. The maximum atomic E-state index is 10.6. The molecule has 1 aliphatic rings.